The molecule has 1 atom stereocenters. The van der Waals surface area contributed by atoms with E-state index in [0.717, 1.165) is 0 Å². The third kappa shape index (κ3) is 6.69. The van der Waals surface area contributed by atoms with E-state index in [1.54, 1.807) is 19.2 Å². The van der Waals surface area contributed by atoms with Crippen LogP contribution in [-0.2, 0) is 24.3 Å². The van der Waals surface area contributed by atoms with E-state index in [-0.39, 0.29) is 9.92 Å². The number of carbonyl (C=O) groups excluding carboxylic acids is 3. The molecule has 0 aliphatic carbocycles. The molecule has 1 aromatic rings. The summed E-state index contributed by atoms with van der Waals surface area (Å²) in [6, 6.07) is 3.16. The van der Waals surface area contributed by atoms with Gasteiger partial charge in [0.25, 0.3) is 5.91 Å². The van der Waals surface area contributed by atoms with Gasteiger partial charge in [0.2, 0.25) is 10.0 Å². The smallest absolute Gasteiger partial charge is 0.324 e. The molecule has 1 aromatic carbocycles. The number of carbonyl (C=O) groups is 3. The fraction of sp³-hybridized carbons (Fsp3) is 0.357. The first-order chi connectivity index (χ1) is 11.5. The second kappa shape index (κ2) is 8.79. The number of sulfonamides is 1. The van der Waals surface area contributed by atoms with Gasteiger partial charge in [-0.3, -0.25) is 14.9 Å². The molecule has 138 valence electrons. The number of benzene rings is 1. The summed E-state index contributed by atoms with van der Waals surface area (Å²) in [6.07, 6.45) is 0. The van der Waals surface area contributed by atoms with E-state index in [1.807, 2.05) is 0 Å². The fourth-order valence-electron chi connectivity index (χ4n) is 1.73. The quantitative estimate of drug-likeness (QED) is 0.573. The van der Waals surface area contributed by atoms with Gasteiger partial charge >= 0.3 is 12.0 Å². The normalized spacial score (nSPS) is 12.5. The van der Waals surface area contributed by atoms with Crippen molar-refractivity contribution in [2.75, 3.05) is 6.61 Å². The molecule has 0 heterocycles. The van der Waals surface area contributed by atoms with Crippen molar-refractivity contribution >= 4 is 39.5 Å². The SMILES string of the molecule is CC(C)[C@H](NS(=O)(=O)c1cccc(Cl)c1)C(=O)OCC(=O)NC(N)=O. The van der Waals surface area contributed by atoms with E-state index in [9.17, 15) is 22.8 Å². The number of hydrogen-bond acceptors (Lipinski definition) is 6. The van der Waals surface area contributed by atoms with Gasteiger partial charge < -0.3 is 10.5 Å². The predicted molar refractivity (Wildman–Crippen MR) is 89.1 cm³/mol. The van der Waals surface area contributed by atoms with Crippen molar-refractivity contribution in [2.24, 2.45) is 11.7 Å². The van der Waals surface area contributed by atoms with E-state index < -0.39 is 46.5 Å². The molecule has 11 heteroatoms. The van der Waals surface area contributed by atoms with Gasteiger partial charge in [0, 0.05) is 5.02 Å². The Kier molecular flexibility index (Phi) is 7.34. The number of rotatable bonds is 7. The largest absolute Gasteiger partial charge is 0.454 e. The van der Waals surface area contributed by atoms with Crippen molar-refractivity contribution in [3.63, 3.8) is 0 Å². The van der Waals surface area contributed by atoms with Crippen molar-refractivity contribution in [3.05, 3.63) is 29.3 Å². The van der Waals surface area contributed by atoms with Crippen molar-refractivity contribution in [2.45, 2.75) is 24.8 Å². The molecule has 0 aliphatic rings. The summed E-state index contributed by atoms with van der Waals surface area (Å²) >= 11 is 5.77. The van der Waals surface area contributed by atoms with Gasteiger partial charge in [0.05, 0.1) is 4.90 Å². The minimum absolute atomic E-state index is 0.120. The Labute approximate surface area is 149 Å². The fourth-order valence-corrected chi connectivity index (χ4v) is 3.36. The van der Waals surface area contributed by atoms with Crippen molar-refractivity contribution in [1.29, 1.82) is 0 Å². The number of urea groups is 1. The maximum atomic E-state index is 12.4. The summed E-state index contributed by atoms with van der Waals surface area (Å²) in [7, 11) is -4.04. The molecule has 0 spiro atoms. The van der Waals surface area contributed by atoms with Crippen LogP contribution < -0.4 is 15.8 Å². The van der Waals surface area contributed by atoms with Gasteiger partial charge in [-0.1, -0.05) is 31.5 Å². The highest BCUT2D eigenvalue weighted by Gasteiger charge is 2.30. The molecule has 0 bridgehead atoms. The predicted octanol–water partition coefficient (Wildman–Crippen LogP) is 0.381. The number of nitrogens with one attached hydrogen (secondary N) is 2. The highest BCUT2D eigenvalue weighted by molar-refractivity contribution is 7.89. The maximum absolute atomic E-state index is 12.4. The molecule has 9 nitrogen and oxygen atoms in total. The van der Waals surface area contributed by atoms with E-state index >= 15 is 0 Å². The zero-order valence-corrected chi connectivity index (χ0v) is 15.1. The Morgan fingerprint density at radius 2 is 1.92 bits per heavy atom. The number of esters is 1. The lowest BCUT2D eigenvalue weighted by atomic mass is 10.1. The zero-order valence-electron chi connectivity index (χ0n) is 13.5. The number of ether oxygens (including phenoxy) is 1. The van der Waals surface area contributed by atoms with Crippen molar-refractivity contribution < 1.29 is 27.5 Å². The first-order valence-corrected chi connectivity index (χ1v) is 8.93. The van der Waals surface area contributed by atoms with Gasteiger partial charge in [-0.2, -0.15) is 4.72 Å². The standard InChI is InChI=1S/C14H18ClN3O6S/c1-8(2)12(13(20)24-7-11(19)17-14(16)21)18-25(22,23)10-5-3-4-9(15)6-10/h3-6,8,12,18H,7H2,1-2H3,(H3,16,17,19,21)/t12-/m0/s1. The van der Waals surface area contributed by atoms with Crippen LogP contribution in [0, 0.1) is 5.92 Å². The summed E-state index contributed by atoms with van der Waals surface area (Å²) in [5.41, 5.74) is 4.75. The minimum atomic E-state index is -4.04. The van der Waals surface area contributed by atoms with Crippen molar-refractivity contribution in [3.8, 4) is 0 Å². The van der Waals surface area contributed by atoms with Crippen LogP contribution >= 0.6 is 11.6 Å². The Bertz CT molecular complexity index is 766. The average Bonchev–Trinajstić information content (AvgIpc) is 2.49. The second-order valence-electron chi connectivity index (χ2n) is 5.32. The molecule has 0 unspecified atom stereocenters. The molecule has 1 rings (SSSR count). The summed E-state index contributed by atoms with van der Waals surface area (Å²) < 4.78 is 31.7. The van der Waals surface area contributed by atoms with E-state index in [1.165, 1.54) is 24.3 Å². The van der Waals surface area contributed by atoms with Crippen LogP contribution in [0.2, 0.25) is 5.02 Å². The molecule has 0 fully saturated rings. The van der Waals surface area contributed by atoms with Crippen LogP contribution in [-0.4, -0.2) is 39.0 Å². The molecular weight excluding hydrogens is 374 g/mol. The second-order valence-corrected chi connectivity index (χ2v) is 7.47. The van der Waals surface area contributed by atoms with Gasteiger partial charge in [-0.25, -0.2) is 13.2 Å². The number of hydrogen-bond donors (Lipinski definition) is 3. The molecule has 3 amide bonds. The number of amides is 3. The zero-order chi connectivity index (χ0) is 19.2. The van der Waals surface area contributed by atoms with Crippen molar-refractivity contribution in [1.82, 2.24) is 10.0 Å². The van der Waals surface area contributed by atoms with Crippen LogP contribution in [0.5, 0.6) is 0 Å². The molecular formula is C14H18ClN3O6S. The Morgan fingerprint density at radius 3 is 2.44 bits per heavy atom. The molecule has 25 heavy (non-hydrogen) atoms. The summed E-state index contributed by atoms with van der Waals surface area (Å²) in [5, 5.41) is 1.93. The lowest BCUT2D eigenvalue weighted by molar-refractivity contribution is -0.150. The monoisotopic (exact) mass is 391 g/mol. The summed E-state index contributed by atoms with van der Waals surface area (Å²) in [4.78, 5) is 33.7. The van der Waals surface area contributed by atoms with Crippen LogP contribution in [0.4, 0.5) is 4.79 Å². The Balaban J connectivity index is 2.84. The molecule has 0 aromatic heterocycles. The molecule has 4 N–H and O–H groups in total. The summed E-state index contributed by atoms with van der Waals surface area (Å²) in [6.45, 7) is 2.41. The van der Waals surface area contributed by atoms with Crippen LogP contribution in [0.15, 0.2) is 29.2 Å². The first kappa shape index (κ1) is 20.9. The van der Waals surface area contributed by atoms with Gasteiger partial charge in [-0.15, -0.1) is 0 Å². The summed E-state index contributed by atoms with van der Waals surface area (Å²) in [5.74, 6) is -2.37. The highest BCUT2D eigenvalue weighted by atomic mass is 35.5. The Hall–Kier alpha value is -2.17. The van der Waals surface area contributed by atoms with Crippen LogP contribution in [0.3, 0.4) is 0 Å². The van der Waals surface area contributed by atoms with E-state index in [4.69, 9.17) is 22.1 Å². The average molecular weight is 392 g/mol. The number of primary amides is 1. The highest BCUT2D eigenvalue weighted by Crippen LogP contribution is 2.17. The number of halogens is 1. The van der Waals surface area contributed by atoms with Crippen LogP contribution in [0.1, 0.15) is 13.8 Å². The van der Waals surface area contributed by atoms with Gasteiger partial charge in [0.1, 0.15) is 6.04 Å². The van der Waals surface area contributed by atoms with E-state index in [2.05, 4.69) is 4.72 Å². The lowest BCUT2D eigenvalue weighted by Crippen LogP contribution is -2.46. The molecule has 0 saturated carbocycles. The molecule has 0 aliphatic heterocycles. The van der Waals surface area contributed by atoms with Gasteiger partial charge in [-0.05, 0) is 24.1 Å². The third-order valence-corrected chi connectivity index (χ3v) is 4.59. The Morgan fingerprint density at radius 1 is 1.28 bits per heavy atom. The first-order valence-electron chi connectivity index (χ1n) is 7.06. The molecule has 0 saturated heterocycles. The van der Waals surface area contributed by atoms with Crippen LogP contribution in [0.25, 0.3) is 0 Å². The molecule has 0 radical (unpaired) electrons. The van der Waals surface area contributed by atoms with E-state index in [0.29, 0.717) is 0 Å². The third-order valence-electron chi connectivity index (χ3n) is 2.92. The van der Waals surface area contributed by atoms with Gasteiger partial charge in [0.15, 0.2) is 6.61 Å². The maximum Gasteiger partial charge on any atom is 0.324 e. The number of nitrogens with two attached hydrogens (primary N) is 1. The minimum Gasteiger partial charge on any atom is -0.454 e. The lowest BCUT2D eigenvalue weighted by Gasteiger charge is -2.20. The topological polar surface area (TPSA) is 145 Å². The number of imide groups is 1.